The van der Waals surface area contributed by atoms with E-state index in [1.54, 1.807) is 12.1 Å². The fraction of sp³-hybridized carbons (Fsp3) is 0.300. The van der Waals surface area contributed by atoms with Crippen LogP contribution in [0.25, 0.3) is 16.6 Å². The summed E-state index contributed by atoms with van der Waals surface area (Å²) in [5, 5.41) is 1.48. The Bertz CT molecular complexity index is 937. The van der Waals surface area contributed by atoms with Crippen molar-refractivity contribution in [1.29, 1.82) is 0 Å². The number of aromatic nitrogens is 1. The van der Waals surface area contributed by atoms with Crippen LogP contribution in [0.4, 0.5) is 4.39 Å². The summed E-state index contributed by atoms with van der Waals surface area (Å²) in [5.74, 6) is 0.543. The normalized spacial score (nSPS) is 18.0. The molecule has 5 heteroatoms. The molecule has 0 fully saturated rings. The largest absolute Gasteiger partial charge is 0.490 e. The second-order valence-corrected chi connectivity index (χ2v) is 6.94. The van der Waals surface area contributed by atoms with E-state index < -0.39 is 0 Å². The van der Waals surface area contributed by atoms with Gasteiger partial charge in [-0.3, -0.25) is 4.90 Å². The first-order chi connectivity index (χ1) is 12.1. The van der Waals surface area contributed by atoms with Gasteiger partial charge in [0.2, 0.25) is 0 Å². The summed E-state index contributed by atoms with van der Waals surface area (Å²) < 4.78 is 21.4. The molecule has 0 bridgehead atoms. The highest BCUT2D eigenvalue weighted by atomic mass is 35.5. The van der Waals surface area contributed by atoms with Gasteiger partial charge in [-0.1, -0.05) is 18.5 Å². The van der Waals surface area contributed by atoms with Crippen molar-refractivity contribution < 1.29 is 9.13 Å². The number of hydrogen-bond acceptors (Lipinski definition) is 2. The summed E-state index contributed by atoms with van der Waals surface area (Å²) in [7, 11) is 0. The van der Waals surface area contributed by atoms with Crippen molar-refractivity contribution in [3.05, 3.63) is 59.0 Å². The molecule has 2 aromatic carbocycles. The minimum absolute atomic E-state index is 0.230. The van der Waals surface area contributed by atoms with E-state index in [9.17, 15) is 4.39 Å². The van der Waals surface area contributed by atoms with Crippen LogP contribution in [-0.2, 0) is 6.54 Å². The third-order valence-corrected chi connectivity index (χ3v) is 5.19. The Balaban J connectivity index is 1.83. The summed E-state index contributed by atoms with van der Waals surface area (Å²) in [4.78, 5) is 2.37. The molecule has 1 aromatic heterocycles. The molecule has 0 spiro atoms. The molecule has 0 N–H and O–H groups in total. The van der Waals surface area contributed by atoms with Crippen LogP contribution in [0.2, 0.25) is 5.02 Å². The molecule has 0 unspecified atom stereocenters. The van der Waals surface area contributed by atoms with Crippen LogP contribution in [0.1, 0.15) is 19.4 Å². The van der Waals surface area contributed by atoms with Gasteiger partial charge in [0.25, 0.3) is 0 Å². The van der Waals surface area contributed by atoms with Gasteiger partial charge in [0, 0.05) is 35.4 Å². The topological polar surface area (TPSA) is 17.4 Å². The minimum Gasteiger partial charge on any atom is -0.490 e. The molecule has 4 rings (SSSR count). The Kier molecular flexibility index (Phi) is 4.18. The van der Waals surface area contributed by atoms with Crippen LogP contribution >= 0.6 is 11.6 Å². The minimum atomic E-state index is -0.230. The molecule has 0 saturated carbocycles. The summed E-state index contributed by atoms with van der Waals surface area (Å²) in [5.41, 5.74) is 2.99. The van der Waals surface area contributed by atoms with Crippen molar-refractivity contribution >= 4 is 22.5 Å². The molecule has 3 nitrogen and oxygen atoms in total. The number of fused-ring (bicyclic) bond motifs is 2. The standard InChI is InChI=1S/C20H20ClFN2O/c1-3-23-11-15-9-17(10-18(21)20(15)25-12-13(23)2)24-7-6-14-8-16(22)4-5-19(14)24/h4-10,13H,3,11-12H2,1-2H3/t13-/m1/s1. The van der Waals surface area contributed by atoms with Gasteiger partial charge in [-0.05, 0) is 49.9 Å². The quantitative estimate of drug-likeness (QED) is 0.639. The van der Waals surface area contributed by atoms with Crippen LogP contribution in [-0.4, -0.2) is 28.7 Å². The second kappa shape index (κ2) is 6.36. The molecule has 1 atom stereocenters. The maximum Gasteiger partial charge on any atom is 0.142 e. The third kappa shape index (κ3) is 2.90. The lowest BCUT2D eigenvalue weighted by atomic mass is 10.1. The third-order valence-electron chi connectivity index (χ3n) is 4.91. The number of halogens is 2. The number of nitrogens with zero attached hydrogens (tertiary/aromatic N) is 2. The smallest absolute Gasteiger partial charge is 0.142 e. The van der Waals surface area contributed by atoms with E-state index >= 15 is 0 Å². The zero-order valence-electron chi connectivity index (χ0n) is 14.3. The lowest BCUT2D eigenvalue weighted by Gasteiger charge is -2.24. The summed E-state index contributed by atoms with van der Waals surface area (Å²) >= 11 is 6.53. The van der Waals surface area contributed by atoms with Crippen LogP contribution in [0.5, 0.6) is 5.75 Å². The van der Waals surface area contributed by atoms with Gasteiger partial charge in [0.05, 0.1) is 10.5 Å². The predicted molar refractivity (Wildman–Crippen MR) is 99.3 cm³/mol. The number of benzene rings is 2. The van der Waals surface area contributed by atoms with Gasteiger partial charge >= 0.3 is 0 Å². The average Bonchev–Trinajstić information content (AvgIpc) is 2.93. The van der Waals surface area contributed by atoms with Gasteiger partial charge in [0.15, 0.2) is 0 Å². The molecule has 25 heavy (non-hydrogen) atoms. The second-order valence-electron chi connectivity index (χ2n) is 6.53. The zero-order chi connectivity index (χ0) is 17.6. The highest BCUT2D eigenvalue weighted by Gasteiger charge is 2.23. The van der Waals surface area contributed by atoms with E-state index in [1.165, 1.54) is 6.07 Å². The molecule has 1 aliphatic rings. The number of ether oxygens (including phenoxy) is 1. The molecule has 130 valence electrons. The zero-order valence-corrected chi connectivity index (χ0v) is 15.1. The molecule has 1 aliphatic heterocycles. The summed E-state index contributed by atoms with van der Waals surface area (Å²) in [6.45, 7) is 6.71. The van der Waals surface area contributed by atoms with E-state index in [0.717, 1.165) is 41.0 Å². The van der Waals surface area contributed by atoms with Gasteiger partial charge in [-0.25, -0.2) is 4.39 Å². The van der Waals surface area contributed by atoms with Gasteiger partial charge in [0.1, 0.15) is 18.2 Å². The van der Waals surface area contributed by atoms with Gasteiger partial charge in [-0.2, -0.15) is 0 Å². The fourth-order valence-corrected chi connectivity index (χ4v) is 3.79. The maximum atomic E-state index is 13.4. The summed E-state index contributed by atoms with van der Waals surface area (Å²) in [6, 6.07) is 11.1. The van der Waals surface area contributed by atoms with E-state index in [4.69, 9.17) is 16.3 Å². The van der Waals surface area contributed by atoms with Crippen LogP contribution in [0, 0.1) is 5.82 Å². The number of hydrogen-bond donors (Lipinski definition) is 0. The van der Waals surface area contributed by atoms with Crippen molar-refractivity contribution in [1.82, 2.24) is 9.47 Å². The lowest BCUT2D eigenvalue weighted by Crippen LogP contribution is -2.34. The van der Waals surface area contributed by atoms with Crippen molar-refractivity contribution in [2.75, 3.05) is 13.2 Å². The highest BCUT2D eigenvalue weighted by Crippen LogP contribution is 2.36. The summed E-state index contributed by atoms with van der Waals surface area (Å²) in [6.07, 6.45) is 1.94. The number of likely N-dealkylation sites (N-methyl/N-ethyl adjacent to an activating group) is 1. The van der Waals surface area contributed by atoms with Crippen LogP contribution in [0.15, 0.2) is 42.6 Å². The van der Waals surface area contributed by atoms with Crippen molar-refractivity contribution in [3.8, 4) is 11.4 Å². The Morgan fingerprint density at radius 1 is 1.24 bits per heavy atom. The van der Waals surface area contributed by atoms with E-state index in [-0.39, 0.29) is 5.82 Å². The Morgan fingerprint density at radius 3 is 2.88 bits per heavy atom. The molecule has 2 heterocycles. The lowest BCUT2D eigenvalue weighted by molar-refractivity contribution is 0.165. The highest BCUT2D eigenvalue weighted by molar-refractivity contribution is 6.32. The molecular weight excluding hydrogens is 339 g/mol. The Hall–Kier alpha value is -2.04. The average molecular weight is 359 g/mol. The molecule has 0 aliphatic carbocycles. The van der Waals surface area contributed by atoms with Gasteiger partial charge in [-0.15, -0.1) is 0 Å². The molecular formula is C20H20ClFN2O. The van der Waals surface area contributed by atoms with Gasteiger partial charge < -0.3 is 9.30 Å². The van der Waals surface area contributed by atoms with Crippen molar-refractivity contribution in [2.24, 2.45) is 0 Å². The molecule has 0 saturated heterocycles. The maximum absolute atomic E-state index is 13.4. The molecule has 0 radical (unpaired) electrons. The van der Waals surface area contributed by atoms with Crippen LogP contribution < -0.4 is 4.74 Å². The van der Waals surface area contributed by atoms with E-state index in [2.05, 4.69) is 24.8 Å². The number of rotatable bonds is 2. The van der Waals surface area contributed by atoms with Crippen LogP contribution in [0.3, 0.4) is 0 Å². The van der Waals surface area contributed by atoms with E-state index in [0.29, 0.717) is 17.7 Å². The Labute approximate surface area is 151 Å². The first kappa shape index (κ1) is 16.4. The monoisotopic (exact) mass is 358 g/mol. The first-order valence-corrected chi connectivity index (χ1v) is 8.91. The van der Waals surface area contributed by atoms with Crippen molar-refractivity contribution in [2.45, 2.75) is 26.4 Å². The molecule has 3 aromatic rings. The SMILES string of the molecule is CCN1Cc2cc(-n3ccc4cc(F)ccc43)cc(Cl)c2OC[C@H]1C. The predicted octanol–water partition coefficient (Wildman–Crippen LogP) is 5.03. The fourth-order valence-electron chi connectivity index (χ4n) is 3.50. The van der Waals surface area contributed by atoms with E-state index in [1.807, 2.05) is 22.9 Å². The Morgan fingerprint density at radius 2 is 2.08 bits per heavy atom. The first-order valence-electron chi connectivity index (χ1n) is 8.53. The van der Waals surface area contributed by atoms with Crippen molar-refractivity contribution in [3.63, 3.8) is 0 Å². The molecule has 0 amide bonds.